The van der Waals surface area contributed by atoms with Crippen LogP contribution in [-0.2, 0) is 11.2 Å². The first-order valence-corrected chi connectivity index (χ1v) is 7.07. The second-order valence-corrected chi connectivity index (χ2v) is 4.81. The smallest absolute Gasteiger partial charge is 0.322 e. The van der Waals surface area contributed by atoms with Crippen LogP contribution in [0.1, 0.15) is 25.3 Å². The van der Waals surface area contributed by atoms with E-state index in [1.54, 1.807) is 12.3 Å². The number of benzene rings is 1. The summed E-state index contributed by atoms with van der Waals surface area (Å²) in [5.41, 5.74) is 2.23. The van der Waals surface area contributed by atoms with Crippen LogP contribution >= 0.6 is 0 Å². The molecule has 0 saturated heterocycles. The van der Waals surface area contributed by atoms with Crippen LogP contribution in [-0.4, -0.2) is 27.6 Å². The van der Waals surface area contributed by atoms with Gasteiger partial charge in [-0.2, -0.15) is 0 Å². The number of rotatable bonds is 7. The quantitative estimate of drug-likeness (QED) is 0.818. The van der Waals surface area contributed by atoms with Crippen LogP contribution in [0.15, 0.2) is 36.5 Å². The molecule has 1 heterocycles. The van der Waals surface area contributed by atoms with Crippen molar-refractivity contribution in [2.24, 2.45) is 0 Å². The molecule has 21 heavy (non-hydrogen) atoms. The van der Waals surface area contributed by atoms with Gasteiger partial charge in [-0.05, 0) is 24.5 Å². The second kappa shape index (κ2) is 7.38. The lowest BCUT2D eigenvalue weighted by Gasteiger charge is -2.06. The largest absolute Gasteiger partial charge is 0.480 e. The number of aryl methyl sites for hydroxylation is 1. The van der Waals surface area contributed by atoms with E-state index >= 15 is 0 Å². The van der Waals surface area contributed by atoms with Gasteiger partial charge in [-0.3, -0.25) is 4.79 Å². The lowest BCUT2D eigenvalue weighted by molar-refractivity contribution is -0.134. The summed E-state index contributed by atoms with van der Waals surface area (Å²) in [4.78, 5) is 19.1. The number of carboxylic acid groups (broad SMARTS) is 1. The summed E-state index contributed by atoms with van der Waals surface area (Å²) >= 11 is 0. The Balaban J connectivity index is 2.10. The summed E-state index contributed by atoms with van der Waals surface area (Å²) in [6.07, 6.45) is 5.07. The Hall–Kier alpha value is -2.43. The summed E-state index contributed by atoms with van der Waals surface area (Å²) in [6.45, 7) is 2.02. The molecule has 0 radical (unpaired) electrons. The molecule has 2 rings (SSSR count). The topological polar surface area (TPSA) is 75.1 Å². The minimum Gasteiger partial charge on any atom is -0.480 e. The van der Waals surface area contributed by atoms with E-state index in [1.807, 2.05) is 12.1 Å². The zero-order valence-electron chi connectivity index (χ0n) is 12.0. The monoisotopic (exact) mass is 285 g/mol. The number of hydrogen-bond acceptors (Lipinski definition) is 4. The van der Waals surface area contributed by atoms with Gasteiger partial charge in [0, 0.05) is 11.8 Å². The summed E-state index contributed by atoms with van der Waals surface area (Å²) in [7, 11) is 0. The maximum absolute atomic E-state index is 10.5. The molecule has 1 aromatic carbocycles. The molecule has 0 unspecified atom stereocenters. The molecule has 1 aromatic heterocycles. The molecule has 5 heteroatoms. The van der Waals surface area contributed by atoms with Gasteiger partial charge in [0.2, 0.25) is 0 Å². The van der Waals surface area contributed by atoms with Crippen molar-refractivity contribution in [1.29, 1.82) is 0 Å². The van der Waals surface area contributed by atoms with Crippen LogP contribution in [0.25, 0.3) is 11.4 Å². The van der Waals surface area contributed by atoms with Gasteiger partial charge in [0.05, 0.1) is 0 Å². The normalized spacial score (nSPS) is 10.3. The SMILES string of the molecule is CCCCc1ccc(-c2nccc(NCC(=O)O)n2)cc1. The highest BCUT2D eigenvalue weighted by Gasteiger charge is 2.04. The van der Waals surface area contributed by atoms with Gasteiger partial charge in [-0.25, -0.2) is 9.97 Å². The predicted octanol–water partition coefficient (Wildman–Crippen LogP) is 2.98. The second-order valence-electron chi connectivity index (χ2n) is 4.81. The van der Waals surface area contributed by atoms with E-state index in [-0.39, 0.29) is 6.54 Å². The third-order valence-corrected chi connectivity index (χ3v) is 3.11. The van der Waals surface area contributed by atoms with Crippen molar-refractivity contribution in [2.45, 2.75) is 26.2 Å². The van der Waals surface area contributed by atoms with Crippen LogP contribution < -0.4 is 5.32 Å². The van der Waals surface area contributed by atoms with Crippen LogP contribution in [0.2, 0.25) is 0 Å². The van der Waals surface area contributed by atoms with Crippen molar-refractivity contribution in [1.82, 2.24) is 9.97 Å². The molecular formula is C16H19N3O2. The molecule has 0 atom stereocenters. The fraction of sp³-hybridized carbons (Fsp3) is 0.312. The Morgan fingerprint density at radius 2 is 2.00 bits per heavy atom. The molecule has 0 fully saturated rings. The molecule has 0 amide bonds. The minimum absolute atomic E-state index is 0.160. The summed E-state index contributed by atoms with van der Waals surface area (Å²) in [5.74, 6) is 0.181. The van der Waals surface area contributed by atoms with E-state index in [9.17, 15) is 4.79 Å². The molecule has 0 saturated carbocycles. The first-order chi connectivity index (χ1) is 10.2. The van der Waals surface area contributed by atoms with Crippen molar-refractivity contribution in [3.8, 4) is 11.4 Å². The molecule has 0 bridgehead atoms. The molecule has 2 N–H and O–H groups in total. The Morgan fingerprint density at radius 3 is 2.67 bits per heavy atom. The van der Waals surface area contributed by atoms with Gasteiger partial charge in [-0.1, -0.05) is 37.6 Å². The van der Waals surface area contributed by atoms with E-state index in [1.165, 1.54) is 18.4 Å². The fourth-order valence-electron chi connectivity index (χ4n) is 1.96. The first kappa shape index (κ1) is 15.0. The van der Waals surface area contributed by atoms with Gasteiger partial charge >= 0.3 is 5.97 Å². The van der Waals surface area contributed by atoms with E-state index in [0.29, 0.717) is 11.6 Å². The zero-order valence-corrected chi connectivity index (χ0v) is 12.0. The summed E-state index contributed by atoms with van der Waals surface area (Å²) < 4.78 is 0. The number of nitrogens with one attached hydrogen (secondary N) is 1. The Morgan fingerprint density at radius 1 is 1.24 bits per heavy atom. The maximum atomic E-state index is 10.5. The Bertz CT molecular complexity index is 597. The first-order valence-electron chi connectivity index (χ1n) is 7.07. The van der Waals surface area contributed by atoms with Crippen molar-refractivity contribution >= 4 is 11.8 Å². The summed E-state index contributed by atoms with van der Waals surface area (Å²) in [5, 5.41) is 11.4. The fourth-order valence-corrected chi connectivity index (χ4v) is 1.96. The third kappa shape index (κ3) is 4.56. The van der Waals surface area contributed by atoms with Gasteiger partial charge in [0.15, 0.2) is 5.82 Å². The molecule has 0 spiro atoms. The number of aliphatic carboxylic acids is 1. The maximum Gasteiger partial charge on any atom is 0.322 e. The van der Waals surface area contributed by atoms with Gasteiger partial charge in [-0.15, -0.1) is 0 Å². The van der Waals surface area contributed by atoms with Gasteiger partial charge < -0.3 is 10.4 Å². The lowest BCUT2D eigenvalue weighted by atomic mass is 10.1. The molecule has 110 valence electrons. The molecule has 0 aliphatic carbocycles. The molecule has 5 nitrogen and oxygen atoms in total. The molecule has 0 aliphatic heterocycles. The van der Waals surface area contributed by atoms with Crippen LogP contribution in [0, 0.1) is 0 Å². The van der Waals surface area contributed by atoms with Crippen LogP contribution in [0.4, 0.5) is 5.82 Å². The highest BCUT2D eigenvalue weighted by Crippen LogP contribution is 2.17. The number of carboxylic acids is 1. The van der Waals surface area contributed by atoms with Crippen LogP contribution in [0.3, 0.4) is 0 Å². The van der Waals surface area contributed by atoms with Crippen molar-refractivity contribution in [3.05, 3.63) is 42.1 Å². The van der Waals surface area contributed by atoms with E-state index in [4.69, 9.17) is 5.11 Å². The Labute approximate surface area is 124 Å². The van der Waals surface area contributed by atoms with Crippen LogP contribution in [0.5, 0.6) is 0 Å². The molecular weight excluding hydrogens is 266 g/mol. The van der Waals surface area contributed by atoms with Gasteiger partial charge in [0.25, 0.3) is 0 Å². The molecule has 2 aromatic rings. The van der Waals surface area contributed by atoms with Crippen molar-refractivity contribution < 1.29 is 9.90 Å². The average Bonchev–Trinajstić information content (AvgIpc) is 2.52. The van der Waals surface area contributed by atoms with E-state index < -0.39 is 5.97 Å². The molecule has 0 aliphatic rings. The highest BCUT2D eigenvalue weighted by atomic mass is 16.4. The zero-order chi connectivity index (χ0) is 15.1. The standard InChI is InChI=1S/C16H19N3O2/c1-2-3-4-12-5-7-13(8-6-12)16-17-10-9-14(19-16)18-11-15(20)21/h5-10H,2-4,11H2,1H3,(H,20,21)(H,17,18,19). The third-order valence-electron chi connectivity index (χ3n) is 3.11. The minimum atomic E-state index is -0.921. The number of nitrogens with zero attached hydrogens (tertiary/aromatic N) is 2. The number of hydrogen-bond donors (Lipinski definition) is 2. The summed E-state index contributed by atoms with van der Waals surface area (Å²) in [6, 6.07) is 9.84. The average molecular weight is 285 g/mol. The van der Waals surface area contributed by atoms with E-state index in [0.717, 1.165) is 12.0 Å². The lowest BCUT2D eigenvalue weighted by Crippen LogP contribution is -2.13. The number of anilines is 1. The van der Waals surface area contributed by atoms with E-state index in [2.05, 4.69) is 34.3 Å². The predicted molar refractivity (Wildman–Crippen MR) is 82.2 cm³/mol. The van der Waals surface area contributed by atoms with Gasteiger partial charge in [0.1, 0.15) is 12.4 Å². The number of unbranched alkanes of at least 4 members (excludes halogenated alkanes) is 1. The highest BCUT2D eigenvalue weighted by molar-refractivity contribution is 5.72. The Kier molecular flexibility index (Phi) is 5.26. The number of carbonyl (C=O) groups is 1. The van der Waals surface area contributed by atoms with Crippen molar-refractivity contribution in [2.75, 3.05) is 11.9 Å². The van der Waals surface area contributed by atoms with Crippen molar-refractivity contribution in [3.63, 3.8) is 0 Å². The number of aromatic nitrogens is 2.